The number of carbonyl (C=O) groups excluding carboxylic acids is 2. The van der Waals surface area contributed by atoms with E-state index in [4.69, 9.17) is 9.47 Å². The third-order valence-corrected chi connectivity index (χ3v) is 6.93. The number of fused-ring (bicyclic) bond motifs is 1. The second-order valence-electron chi connectivity index (χ2n) is 9.28. The molecule has 2 amide bonds. The fourth-order valence-corrected chi connectivity index (χ4v) is 4.98. The van der Waals surface area contributed by atoms with E-state index in [9.17, 15) is 14.7 Å². The molecule has 8 nitrogen and oxygen atoms in total. The Kier molecular flexibility index (Phi) is 6.54. The summed E-state index contributed by atoms with van der Waals surface area (Å²) in [6.07, 6.45) is -0.314. The zero-order valence-electron chi connectivity index (χ0n) is 19.5. The summed E-state index contributed by atoms with van der Waals surface area (Å²) in [5.41, 5.74) is 4.74. The molecule has 0 bridgehead atoms. The van der Waals surface area contributed by atoms with E-state index >= 15 is 0 Å². The normalized spacial score (nSPS) is 23.1. The molecule has 0 spiro atoms. The van der Waals surface area contributed by atoms with E-state index < -0.39 is 12.3 Å². The molecule has 2 saturated heterocycles. The van der Waals surface area contributed by atoms with E-state index in [1.807, 2.05) is 19.1 Å². The van der Waals surface area contributed by atoms with Gasteiger partial charge in [0, 0.05) is 37.2 Å². The molecule has 0 aliphatic carbocycles. The predicted octanol–water partition coefficient (Wildman–Crippen LogP) is 1.96. The van der Waals surface area contributed by atoms with E-state index in [1.165, 1.54) is 5.56 Å². The lowest BCUT2D eigenvalue weighted by atomic mass is 10.0. The van der Waals surface area contributed by atoms with Crippen molar-refractivity contribution in [2.45, 2.75) is 51.7 Å². The molecule has 34 heavy (non-hydrogen) atoms. The zero-order valence-corrected chi connectivity index (χ0v) is 19.5. The summed E-state index contributed by atoms with van der Waals surface area (Å²) < 4.78 is 11.7. The highest BCUT2D eigenvalue weighted by atomic mass is 16.5. The number of amides is 2. The van der Waals surface area contributed by atoms with Gasteiger partial charge < -0.3 is 24.8 Å². The first-order chi connectivity index (χ1) is 16.5. The molecule has 2 aromatic carbocycles. The molecule has 2 N–H and O–H groups in total. The summed E-state index contributed by atoms with van der Waals surface area (Å²) in [5.74, 6) is 0.399. The minimum absolute atomic E-state index is 0.132. The first kappa shape index (κ1) is 22.8. The molecule has 0 radical (unpaired) electrons. The van der Waals surface area contributed by atoms with Gasteiger partial charge in [0.1, 0.15) is 18.6 Å². The number of aryl methyl sites for hydroxylation is 1. The number of hydrogen-bond acceptors (Lipinski definition) is 6. The van der Waals surface area contributed by atoms with Gasteiger partial charge >= 0.3 is 0 Å². The summed E-state index contributed by atoms with van der Waals surface area (Å²) in [5, 5.41) is 12.9. The van der Waals surface area contributed by atoms with E-state index in [0.717, 1.165) is 55.3 Å². The maximum absolute atomic E-state index is 13.1. The third kappa shape index (κ3) is 4.66. The number of rotatable bonds is 6. The lowest BCUT2D eigenvalue weighted by Gasteiger charge is -2.35. The average Bonchev–Trinajstić information content (AvgIpc) is 3.16. The largest absolute Gasteiger partial charge is 0.488 e. The lowest BCUT2D eigenvalue weighted by Crippen LogP contribution is -2.55. The Morgan fingerprint density at radius 3 is 2.56 bits per heavy atom. The number of nitrogens with zero attached hydrogens (tertiary/aromatic N) is 2. The number of carbonyl (C=O) groups is 2. The number of ether oxygens (including phenoxy) is 2. The molecule has 180 valence electrons. The van der Waals surface area contributed by atoms with Crippen molar-refractivity contribution >= 4 is 11.8 Å². The van der Waals surface area contributed by atoms with E-state index in [1.54, 1.807) is 4.90 Å². The van der Waals surface area contributed by atoms with Crippen molar-refractivity contribution in [3.05, 3.63) is 64.2 Å². The molecule has 2 aromatic rings. The summed E-state index contributed by atoms with van der Waals surface area (Å²) in [6.45, 7) is 7.17. The number of nitrogens with one attached hydrogen (secondary N) is 1. The summed E-state index contributed by atoms with van der Waals surface area (Å²) >= 11 is 0. The van der Waals surface area contributed by atoms with Crippen LogP contribution >= 0.6 is 0 Å². The topological polar surface area (TPSA) is 91.3 Å². The molecular weight excluding hydrogens is 434 g/mol. The minimum Gasteiger partial charge on any atom is -0.488 e. The van der Waals surface area contributed by atoms with Crippen molar-refractivity contribution in [3.8, 4) is 5.75 Å². The van der Waals surface area contributed by atoms with Gasteiger partial charge in [-0.2, -0.15) is 0 Å². The molecule has 8 heteroatoms. The summed E-state index contributed by atoms with van der Waals surface area (Å²) in [7, 11) is 0. The van der Waals surface area contributed by atoms with Crippen molar-refractivity contribution in [2.75, 3.05) is 26.3 Å². The van der Waals surface area contributed by atoms with Crippen molar-refractivity contribution in [2.24, 2.45) is 0 Å². The van der Waals surface area contributed by atoms with Gasteiger partial charge in [-0.25, -0.2) is 0 Å². The molecule has 3 heterocycles. The van der Waals surface area contributed by atoms with Crippen LogP contribution in [-0.2, 0) is 29.2 Å². The van der Waals surface area contributed by atoms with Gasteiger partial charge in [-0.05, 0) is 36.1 Å². The second kappa shape index (κ2) is 9.74. The fourth-order valence-electron chi connectivity index (χ4n) is 4.98. The van der Waals surface area contributed by atoms with Gasteiger partial charge in [0.2, 0.25) is 5.91 Å². The molecule has 3 aliphatic rings. The Bertz CT molecular complexity index is 1060. The van der Waals surface area contributed by atoms with Crippen molar-refractivity contribution in [1.82, 2.24) is 15.1 Å². The SMILES string of the molecule is Cc1ccc2c(c1OCc1ccc(CN3CCOCC3)cc1)CN(C1CCC(=O)NC1O)C2=O. The van der Waals surface area contributed by atoms with Gasteiger partial charge in [0.05, 0.1) is 25.8 Å². The highest BCUT2D eigenvalue weighted by Crippen LogP contribution is 2.36. The van der Waals surface area contributed by atoms with Crippen LogP contribution < -0.4 is 10.1 Å². The molecule has 2 atom stereocenters. The molecule has 2 fully saturated rings. The van der Waals surface area contributed by atoms with Crippen molar-refractivity contribution in [1.29, 1.82) is 0 Å². The monoisotopic (exact) mass is 465 g/mol. The van der Waals surface area contributed by atoms with Gasteiger partial charge in [0.15, 0.2) is 0 Å². The Hall–Kier alpha value is -2.94. The smallest absolute Gasteiger partial charge is 0.255 e. The number of benzene rings is 2. The van der Waals surface area contributed by atoms with Crippen LogP contribution in [0.5, 0.6) is 5.75 Å². The number of aliphatic hydroxyl groups excluding tert-OH is 1. The molecular formula is C26H31N3O5. The molecule has 0 saturated carbocycles. The van der Waals surface area contributed by atoms with Crippen molar-refractivity contribution in [3.63, 3.8) is 0 Å². The molecule has 5 rings (SSSR count). The Labute approximate surface area is 199 Å². The molecule has 2 unspecified atom stereocenters. The van der Waals surface area contributed by atoms with Crippen LogP contribution in [0.3, 0.4) is 0 Å². The van der Waals surface area contributed by atoms with Crippen LogP contribution in [0.25, 0.3) is 0 Å². The van der Waals surface area contributed by atoms with Gasteiger partial charge in [-0.15, -0.1) is 0 Å². The van der Waals surface area contributed by atoms with E-state index in [0.29, 0.717) is 31.6 Å². The highest BCUT2D eigenvalue weighted by Gasteiger charge is 2.40. The highest BCUT2D eigenvalue weighted by molar-refractivity contribution is 5.99. The van der Waals surface area contributed by atoms with Crippen molar-refractivity contribution < 1.29 is 24.2 Å². The standard InChI is InChI=1S/C26H31N3O5/c1-17-2-7-20-21(15-29(26(20)32)22-8-9-23(30)27-25(22)31)24(17)34-16-19-5-3-18(4-6-19)14-28-10-12-33-13-11-28/h2-7,22,25,31H,8-16H2,1H3,(H,27,30). The Morgan fingerprint density at radius 2 is 1.82 bits per heavy atom. The van der Waals surface area contributed by atoms with E-state index in [2.05, 4.69) is 34.5 Å². The second-order valence-corrected chi connectivity index (χ2v) is 9.28. The summed E-state index contributed by atoms with van der Waals surface area (Å²) in [6, 6.07) is 11.7. The van der Waals surface area contributed by atoms with Gasteiger partial charge in [-0.1, -0.05) is 30.3 Å². The van der Waals surface area contributed by atoms with E-state index in [-0.39, 0.29) is 11.8 Å². The number of piperidine rings is 1. The number of aliphatic hydroxyl groups is 1. The molecule has 3 aliphatic heterocycles. The van der Waals surface area contributed by atoms with Crippen LogP contribution in [0.15, 0.2) is 36.4 Å². The molecule has 0 aromatic heterocycles. The number of morpholine rings is 1. The van der Waals surface area contributed by atoms with Crippen LogP contribution in [0, 0.1) is 6.92 Å². The quantitative estimate of drug-likeness (QED) is 0.678. The first-order valence-corrected chi connectivity index (χ1v) is 11.9. The van der Waals surface area contributed by atoms with Crippen LogP contribution in [0.1, 0.15) is 45.5 Å². The minimum atomic E-state index is -1.05. The first-order valence-electron chi connectivity index (χ1n) is 11.9. The third-order valence-electron chi connectivity index (χ3n) is 6.93. The number of hydrogen-bond donors (Lipinski definition) is 2. The fraction of sp³-hybridized carbons (Fsp3) is 0.462. The van der Waals surface area contributed by atoms with Crippen LogP contribution in [0.4, 0.5) is 0 Å². The van der Waals surface area contributed by atoms with Crippen LogP contribution in [-0.4, -0.2) is 65.3 Å². The zero-order chi connectivity index (χ0) is 23.7. The maximum atomic E-state index is 13.1. The van der Waals surface area contributed by atoms with Gasteiger partial charge in [0.25, 0.3) is 5.91 Å². The lowest BCUT2D eigenvalue weighted by molar-refractivity contribution is -0.129. The predicted molar refractivity (Wildman–Crippen MR) is 125 cm³/mol. The van der Waals surface area contributed by atoms with Crippen LogP contribution in [0.2, 0.25) is 0 Å². The summed E-state index contributed by atoms with van der Waals surface area (Å²) in [4.78, 5) is 28.7. The average molecular weight is 466 g/mol. The maximum Gasteiger partial charge on any atom is 0.255 e. The van der Waals surface area contributed by atoms with Gasteiger partial charge in [-0.3, -0.25) is 14.5 Å². The Balaban J connectivity index is 1.26. The Morgan fingerprint density at radius 1 is 1.09 bits per heavy atom.